The molecular formula is C16H16F2N2O4S2. The van der Waals surface area contributed by atoms with Gasteiger partial charge in [0.25, 0.3) is 0 Å². The molecule has 3 N–H and O–H groups in total. The molecule has 2 rings (SSSR count). The van der Waals surface area contributed by atoms with Crippen molar-refractivity contribution in [1.82, 2.24) is 0 Å². The first-order valence-electron chi connectivity index (χ1n) is 7.29. The number of halogens is 2. The predicted molar refractivity (Wildman–Crippen MR) is 94.7 cm³/mol. The number of hydrogen-bond acceptors (Lipinski definition) is 5. The topological polar surface area (TPSA) is 98.5 Å². The molecule has 0 spiro atoms. The van der Waals surface area contributed by atoms with Crippen LogP contribution in [0.4, 0.5) is 14.5 Å². The second-order valence-electron chi connectivity index (χ2n) is 5.13. The fraction of sp³-hybridized carbons (Fsp3) is 0.188. The molecule has 0 aromatic heterocycles. The Bertz CT molecular complexity index is 920. The highest BCUT2D eigenvalue weighted by atomic mass is 32.2. The molecule has 6 nitrogen and oxygen atoms in total. The quantitative estimate of drug-likeness (QED) is 0.694. The molecule has 0 bridgehead atoms. The molecular weight excluding hydrogens is 386 g/mol. The smallest absolute Gasteiger partial charge is 0.241 e. The van der Waals surface area contributed by atoms with Crippen LogP contribution in [0.25, 0.3) is 0 Å². The molecule has 2 aromatic rings. The van der Waals surface area contributed by atoms with E-state index in [0.29, 0.717) is 10.6 Å². The molecule has 0 unspecified atom stereocenters. The molecule has 0 radical (unpaired) electrons. The number of hydrogen-bond donors (Lipinski definition) is 2. The second-order valence-corrected chi connectivity index (χ2v) is 7.83. The van der Waals surface area contributed by atoms with Crippen LogP contribution in [0.1, 0.15) is 6.42 Å². The normalized spacial score (nSPS) is 11.2. The van der Waals surface area contributed by atoms with E-state index < -0.39 is 21.7 Å². The maximum absolute atomic E-state index is 13.1. The number of ether oxygens (including phenoxy) is 1. The van der Waals surface area contributed by atoms with Gasteiger partial charge in [0.2, 0.25) is 15.9 Å². The van der Waals surface area contributed by atoms with Crippen LogP contribution in [0.15, 0.2) is 46.2 Å². The number of methoxy groups -OCH3 is 1. The summed E-state index contributed by atoms with van der Waals surface area (Å²) in [6, 6.07) is 7.56. The highest BCUT2D eigenvalue weighted by Crippen LogP contribution is 2.26. The third-order valence-electron chi connectivity index (χ3n) is 3.24. The number of anilines is 1. The fourth-order valence-electron chi connectivity index (χ4n) is 2.03. The Morgan fingerprint density at radius 3 is 2.54 bits per heavy atom. The van der Waals surface area contributed by atoms with Crippen LogP contribution in [0.3, 0.4) is 0 Å². The third kappa shape index (κ3) is 5.41. The summed E-state index contributed by atoms with van der Waals surface area (Å²) in [5.41, 5.74) is 0.248. The van der Waals surface area contributed by atoms with Crippen LogP contribution in [0.2, 0.25) is 0 Å². The number of carbonyl (C=O) groups is 1. The van der Waals surface area contributed by atoms with Crippen molar-refractivity contribution in [3.05, 3.63) is 48.0 Å². The lowest BCUT2D eigenvalue weighted by Gasteiger charge is -2.10. The van der Waals surface area contributed by atoms with Gasteiger partial charge < -0.3 is 10.1 Å². The zero-order chi connectivity index (χ0) is 19.3. The number of carbonyl (C=O) groups excluding carboxylic acids is 1. The molecule has 1 amide bonds. The largest absolute Gasteiger partial charge is 0.495 e. The number of rotatable bonds is 7. The molecule has 0 aliphatic carbocycles. The lowest BCUT2D eigenvalue weighted by Crippen LogP contribution is -2.16. The minimum absolute atomic E-state index is 0.0689. The maximum Gasteiger partial charge on any atom is 0.241 e. The van der Waals surface area contributed by atoms with Crippen molar-refractivity contribution in [2.24, 2.45) is 5.14 Å². The van der Waals surface area contributed by atoms with Crippen molar-refractivity contribution >= 4 is 33.4 Å². The lowest BCUT2D eigenvalue weighted by atomic mass is 10.3. The molecule has 0 saturated heterocycles. The summed E-state index contributed by atoms with van der Waals surface area (Å²) < 4.78 is 54.0. The summed E-state index contributed by atoms with van der Waals surface area (Å²) in [7, 11) is -2.71. The van der Waals surface area contributed by atoms with E-state index in [-0.39, 0.29) is 28.7 Å². The standard InChI is InChI=1S/C16H16F2N2O4S2/c1-24-14-5-2-10(8-15(14)26(19,22)23)20-16(21)6-7-25-11-3-4-12(17)13(18)9-11/h2-5,8-9H,6-7H2,1H3,(H,20,21)(H2,19,22,23). The fourth-order valence-corrected chi connectivity index (χ4v) is 3.63. The predicted octanol–water partition coefficient (Wildman–Crippen LogP) is 2.74. The first-order chi connectivity index (χ1) is 12.2. The van der Waals surface area contributed by atoms with Gasteiger partial charge in [0, 0.05) is 22.8 Å². The van der Waals surface area contributed by atoms with E-state index in [9.17, 15) is 22.0 Å². The Kier molecular flexibility index (Phi) is 6.57. The van der Waals surface area contributed by atoms with E-state index in [1.54, 1.807) is 0 Å². The van der Waals surface area contributed by atoms with Crippen molar-refractivity contribution in [3.63, 3.8) is 0 Å². The summed E-state index contributed by atoms with van der Waals surface area (Å²) >= 11 is 1.19. The highest BCUT2D eigenvalue weighted by Gasteiger charge is 2.16. The van der Waals surface area contributed by atoms with Crippen LogP contribution in [0.5, 0.6) is 5.75 Å². The summed E-state index contributed by atoms with van der Waals surface area (Å²) in [4.78, 5) is 12.2. The number of amides is 1. The van der Waals surface area contributed by atoms with Gasteiger partial charge >= 0.3 is 0 Å². The summed E-state index contributed by atoms with van der Waals surface area (Å²) in [6.07, 6.45) is 0.0837. The zero-order valence-corrected chi connectivity index (χ0v) is 15.3. The van der Waals surface area contributed by atoms with Gasteiger partial charge in [-0.1, -0.05) is 0 Å². The van der Waals surface area contributed by atoms with Gasteiger partial charge in [0.1, 0.15) is 10.6 Å². The number of benzene rings is 2. The number of nitrogens with two attached hydrogens (primary N) is 1. The Morgan fingerprint density at radius 2 is 1.92 bits per heavy atom. The SMILES string of the molecule is COc1ccc(NC(=O)CCSc2ccc(F)c(F)c2)cc1S(N)(=O)=O. The Morgan fingerprint density at radius 1 is 1.19 bits per heavy atom. The van der Waals surface area contributed by atoms with Gasteiger partial charge in [-0.05, 0) is 36.4 Å². The van der Waals surface area contributed by atoms with Gasteiger partial charge in [-0.3, -0.25) is 4.79 Å². The zero-order valence-electron chi connectivity index (χ0n) is 13.7. The van der Waals surface area contributed by atoms with Crippen LogP contribution in [-0.2, 0) is 14.8 Å². The van der Waals surface area contributed by atoms with Crippen molar-refractivity contribution in [3.8, 4) is 5.75 Å². The number of sulfonamides is 1. The molecule has 0 fully saturated rings. The van der Waals surface area contributed by atoms with E-state index in [0.717, 1.165) is 12.1 Å². The third-order valence-corrected chi connectivity index (χ3v) is 5.17. The second kappa shape index (κ2) is 8.47. The van der Waals surface area contributed by atoms with Crippen molar-refractivity contribution < 1.29 is 26.7 Å². The Labute approximate surface area is 153 Å². The first-order valence-corrected chi connectivity index (χ1v) is 9.82. The van der Waals surface area contributed by atoms with Crippen molar-refractivity contribution in [2.75, 3.05) is 18.2 Å². The molecule has 0 saturated carbocycles. The summed E-state index contributed by atoms with van der Waals surface area (Å²) in [5.74, 6) is -1.86. The van der Waals surface area contributed by atoms with Crippen LogP contribution >= 0.6 is 11.8 Å². The van der Waals surface area contributed by atoms with Gasteiger partial charge in [-0.15, -0.1) is 11.8 Å². The van der Waals surface area contributed by atoms with Crippen LogP contribution in [-0.4, -0.2) is 27.2 Å². The molecule has 2 aromatic carbocycles. The van der Waals surface area contributed by atoms with E-state index in [2.05, 4.69) is 5.32 Å². The van der Waals surface area contributed by atoms with E-state index in [1.807, 2.05) is 0 Å². The van der Waals surface area contributed by atoms with Gasteiger partial charge in [-0.2, -0.15) is 0 Å². The first kappa shape index (κ1) is 20.1. The number of nitrogens with one attached hydrogen (secondary N) is 1. The molecule has 0 aliphatic heterocycles. The highest BCUT2D eigenvalue weighted by molar-refractivity contribution is 7.99. The van der Waals surface area contributed by atoms with Gasteiger partial charge in [0.15, 0.2) is 11.6 Å². The van der Waals surface area contributed by atoms with E-state index in [4.69, 9.17) is 9.88 Å². The summed E-state index contributed by atoms with van der Waals surface area (Å²) in [5, 5.41) is 7.67. The molecule has 0 atom stereocenters. The number of primary sulfonamides is 1. The Balaban J connectivity index is 1.96. The average Bonchev–Trinajstić information content (AvgIpc) is 2.57. The molecule has 0 aliphatic rings. The minimum atomic E-state index is -4.01. The minimum Gasteiger partial charge on any atom is -0.495 e. The van der Waals surface area contributed by atoms with Crippen LogP contribution in [0, 0.1) is 11.6 Å². The van der Waals surface area contributed by atoms with E-state index in [1.165, 1.54) is 43.1 Å². The maximum atomic E-state index is 13.1. The van der Waals surface area contributed by atoms with Crippen molar-refractivity contribution in [2.45, 2.75) is 16.2 Å². The monoisotopic (exact) mass is 402 g/mol. The lowest BCUT2D eigenvalue weighted by molar-refractivity contribution is -0.115. The van der Waals surface area contributed by atoms with Crippen LogP contribution < -0.4 is 15.2 Å². The average molecular weight is 402 g/mol. The van der Waals surface area contributed by atoms with Gasteiger partial charge in [0.05, 0.1) is 7.11 Å². The molecule has 26 heavy (non-hydrogen) atoms. The number of thioether (sulfide) groups is 1. The van der Waals surface area contributed by atoms with Crippen molar-refractivity contribution in [1.29, 1.82) is 0 Å². The molecule has 0 heterocycles. The van der Waals surface area contributed by atoms with Gasteiger partial charge in [-0.25, -0.2) is 22.3 Å². The molecule has 140 valence electrons. The van der Waals surface area contributed by atoms with E-state index >= 15 is 0 Å². The summed E-state index contributed by atoms with van der Waals surface area (Å²) in [6.45, 7) is 0. The molecule has 10 heteroatoms. The Hall–Kier alpha value is -2.17.